The van der Waals surface area contributed by atoms with Gasteiger partial charge in [0.25, 0.3) is 0 Å². The number of methoxy groups -OCH3 is 1. The number of rotatable bonds is 3. The molecule has 56 valence electrons. The van der Waals surface area contributed by atoms with E-state index >= 15 is 0 Å². The van der Waals surface area contributed by atoms with Crippen molar-refractivity contribution in [2.24, 2.45) is 5.73 Å². The Morgan fingerprint density at radius 2 is 2.11 bits per heavy atom. The summed E-state index contributed by atoms with van der Waals surface area (Å²) in [7, 11) is 1.58. The normalized spacial score (nSPS) is 15.7. The quantitative estimate of drug-likeness (QED) is 0.557. The highest BCUT2D eigenvalue weighted by Gasteiger charge is 2.24. The van der Waals surface area contributed by atoms with Crippen LogP contribution >= 0.6 is 0 Å². The van der Waals surface area contributed by atoms with Crippen LogP contribution in [0.2, 0.25) is 0 Å². The summed E-state index contributed by atoms with van der Waals surface area (Å²) in [4.78, 5) is 0. The van der Waals surface area contributed by atoms with Crippen LogP contribution in [-0.2, 0) is 4.74 Å². The summed E-state index contributed by atoms with van der Waals surface area (Å²) in [6.07, 6.45) is 0. The summed E-state index contributed by atoms with van der Waals surface area (Å²) in [5, 5.41) is 8.60. The molecule has 0 aliphatic rings. The molecule has 0 aliphatic heterocycles. The minimum Gasteiger partial charge on any atom is -0.395 e. The van der Waals surface area contributed by atoms with E-state index in [1.165, 1.54) is 0 Å². The third-order valence-corrected chi connectivity index (χ3v) is 1.62. The predicted octanol–water partition coefficient (Wildman–Crippen LogP) is -0.269. The maximum Gasteiger partial charge on any atom is 0.0795 e. The highest BCUT2D eigenvalue weighted by molar-refractivity contribution is 4.81. The van der Waals surface area contributed by atoms with Crippen molar-refractivity contribution >= 4 is 0 Å². The molecule has 0 radical (unpaired) electrons. The van der Waals surface area contributed by atoms with Crippen LogP contribution in [0, 0.1) is 0 Å². The standard InChI is InChI=1S/C6H15NO2/c1-6(2,9-3)5(7)4-8/h5,8H,4,7H2,1-3H3/t5-/m1/s1. The molecule has 0 aliphatic carbocycles. The Labute approximate surface area is 55.8 Å². The van der Waals surface area contributed by atoms with E-state index in [-0.39, 0.29) is 12.6 Å². The molecule has 0 unspecified atom stereocenters. The van der Waals surface area contributed by atoms with Crippen molar-refractivity contribution in [2.75, 3.05) is 13.7 Å². The molecule has 0 rings (SSSR count). The summed E-state index contributed by atoms with van der Waals surface area (Å²) in [6.45, 7) is 3.64. The van der Waals surface area contributed by atoms with Gasteiger partial charge in [-0.25, -0.2) is 0 Å². The molecule has 0 saturated carbocycles. The average molecular weight is 133 g/mol. The molecule has 0 aromatic carbocycles. The zero-order valence-electron chi connectivity index (χ0n) is 6.22. The monoisotopic (exact) mass is 133 g/mol. The third-order valence-electron chi connectivity index (χ3n) is 1.62. The van der Waals surface area contributed by atoms with Gasteiger partial charge >= 0.3 is 0 Å². The Kier molecular flexibility index (Phi) is 3.11. The van der Waals surface area contributed by atoms with Gasteiger partial charge in [-0.1, -0.05) is 0 Å². The van der Waals surface area contributed by atoms with Crippen LogP contribution in [0.15, 0.2) is 0 Å². The largest absolute Gasteiger partial charge is 0.395 e. The summed E-state index contributed by atoms with van der Waals surface area (Å²) in [5.74, 6) is 0. The van der Waals surface area contributed by atoms with Crippen molar-refractivity contribution in [3.05, 3.63) is 0 Å². The van der Waals surface area contributed by atoms with Crippen LogP contribution < -0.4 is 5.73 Å². The molecule has 1 atom stereocenters. The van der Waals surface area contributed by atoms with Gasteiger partial charge in [0.2, 0.25) is 0 Å². The van der Waals surface area contributed by atoms with Crippen molar-refractivity contribution in [1.82, 2.24) is 0 Å². The highest BCUT2D eigenvalue weighted by Crippen LogP contribution is 2.10. The summed E-state index contributed by atoms with van der Waals surface area (Å²) in [6, 6.07) is -0.303. The van der Waals surface area contributed by atoms with Crippen LogP contribution in [0.1, 0.15) is 13.8 Å². The number of ether oxygens (including phenoxy) is 1. The van der Waals surface area contributed by atoms with Gasteiger partial charge < -0.3 is 15.6 Å². The van der Waals surface area contributed by atoms with Gasteiger partial charge in [0.15, 0.2) is 0 Å². The van der Waals surface area contributed by atoms with Crippen LogP contribution in [0.4, 0.5) is 0 Å². The molecular formula is C6H15NO2. The minimum absolute atomic E-state index is 0.0408. The number of aliphatic hydroxyl groups excluding tert-OH is 1. The topological polar surface area (TPSA) is 55.5 Å². The Morgan fingerprint density at radius 1 is 1.67 bits per heavy atom. The van der Waals surface area contributed by atoms with Gasteiger partial charge in [0.1, 0.15) is 0 Å². The van der Waals surface area contributed by atoms with E-state index in [9.17, 15) is 0 Å². The molecule has 9 heavy (non-hydrogen) atoms. The Hall–Kier alpha value is -0.120. The molecule has 3 heteroatoms. The van der Waals surface area contributed by atoms with Crippen molar-refractivity contribution < 1.29 is 9.84 Å². The lowest BCUT2D eigenvalue weighted by molar-refractivity contribution is -0.0138. The van der Waals surface area contributed by atoms with Gasteiger partial charge in [0.05, 0.1) is 18.2 Å². The van der Waals surface area contributed by atoms with E-state index in [0.717, 1.165) is 0 Å². The molecule has 3 nitrogen and oxygen atoms in total. The lowest BCUT2D eigenvalue weighted by Crippen LogP contribution is -2.47. The highest BCUT2D eigenvalue weighted by atomic mass is 16.5. The fraction of sp³-hybridized carbons (Fsp3) is 1.00. The Morgan fingerprint density at radius 3 is 2.22 bits per heavy atom. The third kappa shape index (κ3) is 2.30. The molecule has 0 spiro atoms. The van der Waals surface area contributed by atoms with Crippen molar-refractivity contribution in [1.29, 1.82) is 0 Å². The molecule has 0 amide bonds. The number of aliphatic hydroxyl groups is 1. The molecule has 0 aromatic rings. The molecule has 0 bridgehead atoms. The molecular weight excluding hydrogens is 118 g/mol. The summed E-state index contributed by atoms with van der Waals surface area (Å²) < 4.78 is 5.01. The predicted molar refractivity (Wildman–Crippen MR) is 36.1 cm³/mol. The smallest absolute Gasteiger partial charge is 0.0795 e. The van der Waals surface area contributed by atoms with Crippen molar-refractivity contribution in [3.63, 3.8) is 0 Å². The van der Waals surface area contributed by atoms with Gasteiger partial charge in [-0.3, -0.25) is 0 Å². The zero-order valence-corrected chi connectivity index (χ0v) is 6.22. The second kappa shape index (κ2) is 3.15. The van der Waals surface area contributed by atoms with Crippen molar-refractivity contribution in [2.45, 2.75) is 25.5 Å². The maximum absolute atomic E-state index is 8.60. The lowest BCUT2D eigenvalue weighted by Gasteiger charge is -2.28. The number of hydrogen-bond donors (Lipinski definition) is 2. The molecule has 0 aromatic heterocycles. The van der Waals surface area contributed by atoms with Gasteiger partial charge in [-0.15, -0.1) is 0 Å². The maximum atomic E-state index is 8.60. The van der Waals surface area contributed by atoms with Gasteiger partial charge in [-0.05, 0) is 13.8 Å². The van der Waals surface area contributed by atoms with E-state index < -0.39 is 5.60 Å². The first-order valence-corrected chi connectivity index (χ1v) is 2.96. The first kappa shape index (κ1) is 8.88. The summed E-state index contributed by atoms with van der Waals surface area (Å²) >= 11 is 0. The van der Waals surface area contributed by atoms with Crippen LogP contribution in [0.25, 0.3) is 0 Å². The fourth-order valence-corrected chi connectivity index (χ4v) is 0.371. The van der Waals surface area contributed by atoms with Crippen LogP contribution in [-0.4, -0.2) is 30.5 Å². The first-order valence-electron chi connectivity index (χ1n) is 2.96. The second-order valence-electron chi connectivity index (χ2n) is 2.60. The Bertz CT molecular complexity index is 83.1. The van der Waals surface area contributed by atoms with E-state index in [1.807, 2.05) is 13.8 Å². The molecule has 0 heterocycles. The van der Waals surface area contributed by atoms with Crippen molar-refractivity contribution in [3.8, 4) is 0 Å². The van der Waals surface area contributed by atoms with Crippen LogP contribution in [0.5, 0.6) is 0 Å². The lowest BCUT2D eigenvalue weighted by atomic mass is 10.0. The van der Waals surface area contributed by atoms with E-state index in [4.69, 9.17) is 15.6 Å². The van der Waals surface area contributed by atoms with E-state index in [0.29, 0.717) is 0 Å². The van der Waals surface area contributed by atoms with Gasteiger partial charge in [-0.2, -0.15) is 0 Å². The molecule has 3 N–H and O–H groups in total. The molecule has 0 saturated heterocycles. The minimum atomic E-state index is -0.422. The number of hydrogen-bond acceptors (Lipinski definition) is 3. The second-order valence-corrected chi connectivity index (χ2v) is 2.60. The number of nitrogens with two attached hydrogens (primary N) is 1. The van der Waals surface area contributed by atoms with E-state index in [1.54, 1.807) is 7.11 Å². The fourth-order valence-electron chi connectivity index (χ4n) is 0.371. The average Bonchev–Trinajstić information content (AvgIpc) is 1.86. The Balaban J connectivity index is 3.80. The zero-order chi connectivity index (χ0) is 7.49. The first-order chi connectivity index (χ1) is 4.04. The van der Waals surface area contributed by atoms with Gasteiger partial charge in [0, 0.05) is 7.11 Å². The van der Waals surface area contributed by atoms with E-state index in [2.05, 4.69) is 0 Å². The SMILES string of the molecule is COC(C)(C)[C@H](N)CO. The summed E-state index contributed by atoms with van der Waals surface area (Å²) in [5.41, 5.74) is 5.06. The molecule has 0 fully saturated rings. The van der Waals surface area contributed by atoms with Crippen LogP contribution in [0.3, 0.4) is 0 Å².